The van der Waals surface area contributed by atoms with Crippen LogP contribution in [-0.2, 0) is 16.6 Å². The molecule has 5 heteroatoms. The molecular formula is C21H23NO4. The molecule has 2 heterocycles. The number of carbonyl (C=O) groups is 1. The highest BCUT2D eigenvalue weighted by Crippen LogP contribution is 2.62. The first-order valence-corrected chi connectivity index (χ1v) is 9.21. The zero-order valence-corrected chi connectivity index (χ0v) is 15.1. The fraction of sp³-hybridized carbons (Fsp3) is 0.476. The molecule has 2 aliphatic heterocycles. The Morgan fingerprint density at radius 2 is 2.23 bits per heavy atom. The minimum Gasteiger partial charge on any atom is -0.482 e. The number of piperidine rings is 1. The summed E-state index contributed by atoms with van der Waals surface area (Å²) in [5.41, 5.74) is 2.50. The van der Waals surface area contributed by atoms with Crippen LogP contribution in [0.1, 0.15) is 24.5 Å². The Labute approximate surface area is 152 Å². The Balaban J connectivity index is 1.70. The summed E-state index contributed by atoms with van der Waals surface area (Å²) >= 11 is 0. The number of likely N-dealkylation sites (N-methyl/N-ethyl adjacent to an activating group) is 1. The highest BCUT2D eigenvalue weighted by atomic mass is 16.6. The molecule has 1 aromatic rings. The van der Waals surface area contributed by atoms with Crippen molar-refractivity contribution in [1.82, 2.24) is 4.90 Å². The highest BCUT2D eigenvalue weighted by Gasteiger charge is 2.64. The molecule has 1 fully saturated rings. The van der Waals surface area contributed by atoms with E-state index in [1.54, 1.807) is 6.92 Å². The average Bonchev–Trinajstić information content (AvgIpc) is 2.96. The molecule has 2 aliphatic carbocycles. The monoisotopic (exact) mass is 353 g/mol. The van der Waals surface area contributed by atoms with Crippen LogP contribution in [-0.4, -0.2) is 47.8 Å². The second kappa shape index (κ2) is 5.21. The summed E-state index contributed by atoms with van der Waals surface area (Å²) in [4.78, 5) is 14.5. The summed E-state index contributed by atoms with van der Waals surface area (Å²) < 4.78 is 11.9. The van der Waals surface area contributed by atoms with Crippen LogP contribution in [0.2, 0.25) is 0 Å². The lowest BCUT2D eigenvalue weighted by Crippen LogP contribution is -2.64. The lowest BCUT2D eigenvalue weighted by molar-refractivity contribution is -0.130. The number of esters is 1. The summed E-state index contributed by atoms with van der Waals surface area (Å²) in [5.74, 6) is 0.918. The van der Waals surface area contributed by atoms with E-state index in [-0.39, 0.29) is 11.5 Å². The van der Waals surface area contributed by atoms with E-state index in [0.717, 1.165) is 24.9 Å². The third-order valence-corrected chi connectivity index (χ3v) is 6.69. The van der Waals surface area contributed by atoms with Crippen molar-refractivity contribution in [2.24, 2.45) is 5.92 Å². The molecule has 4 aliphatic rings. The van der Waals surface area contributed by atoms with Gasteiger partial charge in [0.25, 0.3) is 0 Å². The second-order valence-electron chi connectivity index (χ2n) is 8.08. The van der Waals surface area contributed by atoms with E-state index in [9.17, 15) is 9.90 Å². The number of ether oxygens (including phenoxy) is 2. The summed E-state index contributed by atoms with van der Waals surface area (Å²) in [7, 11) is 2.18. The number of aliphatic hydroxyl groups is 1. The van der Waals surface area contributed by atoms with Crippen LogP contribution in [0.4, 0.5) is 0 Å². The van der Waals surface area contributed by atoms with Gasteiger partial charge in [0.05, 0.1) is 0 Å². The fourth-order valence-electron chi connectivity index (χ4n) is 5.50. The predicted molar refractivity (Wildman–Crippen MR) is 96.4 cm³/mol. The van der Waals surface area contributed by atoms with Gasteiger partial charge in [0.15, 0.2) is 11.5 Å². The number of benzene rings is 1. The van der Waals surface area contributed by atoms with E-state index >= 15 is 0 Å². The number of aliphatic hydroxyl groups excluding tert-OH is 1. The van der Waals surface area contributed by atoms with Crippen LogP contribution in [0.5, 0.6) is 11.5 Å². The maximum atomic E-state index is 12.1. The molecule has 5 nitrogen and oxygen atoms in total. The average molecular weight is 353 g/mol. The van der Waals surface area contributed by atoms with Gasteiger partial charge >= 0.3 is 5.97 Å². The van der Waals surface area contributed by atoms with Gasteiger partial charge in [-0.1, -0.05) is 24.8 Å². The van der Waals surface area contributed by atoms with Crippen molar-refractivity contribution in [3.8, 4) is 11.5 Å². The largest absolute Gasteiger partial charge is 0.482 e. The van der Waals surface area contributed by atoms with Crippen molar-refractivity contribution < 1.29 is 19.4 Å². The third-order valence-electron chi connectivity index (χ3n) is 6.69. The van der Waals surface area contributed by atoms with Gasteiger partial charge in [0.1, 0.15) is 12.2 Å². The molecule has 136 valence electrons. The standard InChI is InChI=1S/C21H23NO4/c1-11(2)20(24)25-16-7-4-12-10-14-13-5-6-15(23)19-21(13,8-9-22(14)3)17(12)18(16)26-19/h4-7,13-15,19,23H,1,8-10H2,2-3H3/t13-,14+,15-,19-,21-/m0/s1. The highest BCUT2D eigenvalue weighted by molar-refractivity contribution is 5.89. The van der Waals surface area contributed by atoms with Gasteiger partial charge < -0.3 is 19.5 Å². The number of hydrogen-bond acceptors (Lipinski definition) is 5. The van der Waals surface area contributed by atoms with Crippen molar-refractivity contribution in [3.63, 3.8) is 0 Å². The molecule has 1 spiro atoms. The van der Waals surface area contributed by atoms with Gasteiger partial charge in [-0.15, -0.1) is 0 Å². The van der Waals surface area contributed by atoms with E-state index in [4.69, 9.17) is 9.47 Å². The maximum absolute atomic E-state index is 12.1. The van der Waals surface area contributed by atoms with Crippen molar-refractivity contribution in [1.29, 1.82) is 0 Å². The summed E-state index contributed by atoms with van der Waals surface area (Å²) in [5, 5.41) is 10.7. The van der Waals surface area contributed by atoms with E-state index in [2.05, 4.69) is 30.7 Å². The van der Waals surface area contributed by atoms with Gasteiger partial charge in [-0.05, 0) is 45.0 Å². The normalized spacial score (nSPS) is 36.3. The number of likely N-dealkylation sites (tertiary alicyclic amines) is 1. The van der Waals surface area contributed by atoms with E-state index in [1.165, 1.54) is 5.56 Å². The SMILES string of the molecule is C=C(C)C(=O)Oc1ccc2c3c1O[C@H]1[C@@H](O)C=C[C@H]4[C@@H](C2)N(C)CC[C@@]341. The number of hydrogen-bond donors (Lipinski definition) is 1. The van der Waals surface area contributed by atoms with Crippen molar-refractivity contribution >= 4 is 5.97 Å². The quantitative estimate of drug-likeness (QED) is 0.381. The van der Waals surface area contributed by atoms with Crippen LogP contribution < -0.4 is 9.47 Å². The van der Waals surface area contributed by atoms with E-state index in [1.807, 2.05) is 12.1 Å². The van der Waals surface area contributed by atoms with E-state index in [0.29, 0.717) is 29.0 Å². The second-order valence-corrected chi connectivity index (χ2v) is 8.08. The van der Waals surface area contributed by atoms with Gasteiger partial charge in [0.2, 0.25) is 0 Å². The summed E-state index contributed by atoms with van der Waals surface area (Å²) in [6.07, 6.45) is 4.93. The van der Waals surface area contributed by atoms with Crippen molar-refractivity contribution in [2.45, 2.75) is 43.4 Å². The van der Waals surface area contributed by atoms with Crippen LogP contribution in [0.3, 0.4) is 0 Å². The van der Waals surface area contributed by atoms with Gasteiger partial charge in [-0.25, -0.2) is 4.79 Å². The molecule has 1 saturated heterocycles. The Morgan fingerprint density at radius 1 is 1.42 bits per heavy atom. The molecule has 0 aromatic heterocycles. The van der Waals surface area contributed by atoms with Gasteiger partial charge in [-0.2, -0.15) is 0 Å². The molecule has 2 bridgehead atoms. The zero-order chi connectivity index (χ0) is 18.2. The molecule has 0 amide bonds. The van der Waals surface area contributed by atoms with Crippen molar-refractivity contribution in [2.75, 3.05) is 13.6 Å². The van der Waals surface area contributed by atoms with Crippen LogP contribution >= 0.6 is 0 Å². The number of rotatable bonds is 2. The minimum absolute atomic E-state index is 0.236. The maximum Gasteiger partial charge on any atom is 0.338 e. The fourth-order valence-corrected chi connectivity index (χ4v) is 5.50. The number of nitrogens with zero attached hydrogens (tertiary/aromatic N) is 1. The molecule has 0 saturated carbocycles. The van der Waals surface area contributed by atoms with Crippen LogP contribution in [0.15, 0.2) is 36.4 Å². The number of carbonyl (C=O) groups excluding carboxylic acids is 1. The first kappa shape index (κ1) is 16.1. The first-order valence-electron chi connectivity index (χ1n) is 9.21. The molecule has 1 aromatic carbocycles. The predicted octanol–water partition coefficient (Wildman–Crippen LogP) is 1.97. The zero-order valence-electron chi connectivity index (χ0n) is 15.1. The Morgan fingerprint density at radius 3 is 3.00 bits per heavy atom. The lowest BCUT2D eigenvalue weighted by Gasteiger charge is -2.56. The molecule has 1 N–H and O–H groups in total. The Hall–Kier alpha value is -2.11. The topological polar surface area (TPSA) is 59.0 Å². The van der Waals surface area contributed by atoms with Gasteiger partial charge in [-0.3, -0.25) is 0 Å². The van der Waals surface area contributed by atoms with E-state index < -0.39 is 12.1 Å². The van der Waals surface area contributed by atoms with Crippen molar-refractivity contribution in [3.05, 3.63) is 47.6 Å². The smallest absolute Gasteiger partial charge is 0.338 e. The summed E-state index contributed by atoms with van der Waals surface area (Å²) in [6.45, 7) is 6.25. The first-order chi connectivity index (χ1) is 12.4. The third kappa shape index (κ3) is 1.85. The molecule has 26 heavy (non-hydrogen) atoms. The van der Waals surface area contributed by atoms with Crippen LogP contribution in [0, 0.1) is 5.92 Å². The molecular weight excluding hydrogens is 330 g/mol. The molecule has 0 radical (unpaired) electrons. The summed E-state index contributed by atoms with van der Waals surface area (Å²) in [6, 6.07) is 4.28. The molecule has 5 rings (SSSR count). The minimum atomic E-state index is -0.654. The molecule has 0 unspecified atom stereocenters. The molecule has 5 atom stereocenters. The Kier molecular flexibility index (Phi) is 3.22. The van der Waals surface area contributed by atoms with Crippen LogP contribution in [0.25, 0.3) is 0 Å². The lowest BCUT2D eigenvalue weighted by atomic mass is 9.53. The van der Waals surface area contributed by atoms with Gasteiger partial charge in [0, 0.05) is 28.5 Å². The Bertz CT molecular complexity index is 860.